The van der Waals surface area contributed by atoms with Crippen LogP contribution in [0.3, 0.4) is 0 Å². The Balaban J connectivity index is 1.93. The molecule has 0 fully saturated rings. The van der Waals surface area contributed by atoms with Crippen LogP contribution in [0.1, 0.15) is 95.4 Å². The molecule has 3 aromatic carbocycles. The Morgan fingerprint density at radius 1 is 0.750 bits per heavy atom. The zero-order valence-electron chi connectivity index (χ0n) is 23.2. The summed E-state index contributed by atoms with van der Waals surface area (Å²) in [7, 11) is 0. The van der Waals surface area contributed by atoms with Gasteiger partial charge in [0.25, 0.3) is 0 Å². The van der Waals surface area contributed by atoms with Crippen molar-refractivity contribution in [1.29, 1.82) is 0 Å². The second kappa shape index (κ2) is 13.0. The standard InChI is InChI=1S/C33H42N2S/c1-22(2)29-17-12-14-27(21-36-28-15-10-9-11-16-28)32(29)34-25(7)20-26(8)35-33-30(23(3)4)18-13-19-31(33)24(5)6/h9-20,22-24,35H,21H2,1-8H3/b26-20-,34-25?. The van der Waals surface area contributed by atoms with E-state index in [9.17, 15) is 0 Å². The van der Waals surface area contributed by atoms with Gasteiger partial charge in [-0.15, -0.1) is 11.8 Å². The minimum absolute atomic E-state index is 0.410. The van der Waals surface area contributed by atoms with Crippen molar-refractivity contribution >= 4 is 28.8 Å². The van der Waals surface area contributed by atoms with Gasteiger partial charge in [0.1, 0.15) is 0 Å². The van der Waals surface area contributed by atoms with Gasteiger partial charge < -0.3 is 5.32 Å². The lowest BCUT2D eigenvalue weighted by atomic mass is 9.92. The van der Waals surface area contributed by atoms with Crippen molar-refractivity contribution < 1.29 is 0 Å². The number of nitrogens with zero attached hydrogens (tertiary/aromatic N) is 1. The van der Waals surface area contributed by atoms with E-state index in [4.69, 9.17) is 4.99 Å². The summed E-state index contributed by atoms with van der Waals surface area (Å²) in [6.07, 6.45) is 2.17. The molecule has 3 rings (SSSR count). The molecule has 0 aromatic heterocycles. The quantitative estimate of drug-likeness (QED) is 0.222. The molecule has 0 aliphatic heterocycles. The van der Waals surface area contributed by atoms with Gasteiger partial charge in [0.2, 0.25) is 0 Å². The zero-order chi connectivity index (χ0) is 26.2. The smallest absolute Gasteiger partial charge is 0.0707 e. The summed E-state index contributed by atoms with van der Waals surface area (Å²) < 4.78 is 0. The van der Waals surface area contributed by atoms with E-state index in [2.05, 4.69) is 134 Å². The lowest BCUT2D eigenvalue weighted by Crippen LogP contribution is -2.07. The highest BCUT2D eigenvalue weighted by Gasteiger charge is 2.14. The van der Waals surface area contributed by atoms with E-state index in [0.29, 0.717) is 17.8 Å². The number of para-hydroxylation sites is 2. The van der Waals surface area contributed by atoms with Gasteiger partial charge in [-0.3, -0.25) is 4.99 Å². The summed E-state index contributed by atoms with van der Waals surface area (Å²) in [6.45, 7) is 17.8. The van der Waals surface area contributed by atoms with Crippen LogP contribution in [0.15, 0.2) is 88.4 Å². The van der Waals surface area contributed by atoms with Gasteiger partial charge in [0.05, 0.1) is 5.69 Å². The van der Waals surface area contributed by atoms with E-state index in [0.717, 1.165) is 22.8 Å². The van der Waals surface area contributed by atoms with Crippen LogP contribution in [0.4, 0.5) is 11.4 Å². The van der Waals surface area contributed by atoms with Crippen molar-refractivity contribution in [3.05, 3.63) is 101 Å². The summed E-state index contributed by atoms with van der Waals surface area (Å²) in [5.41, 5.74) is 9.76. The second-order valence-corrected chi connectivity index (χ2v) is 11.5. The molecule has 0 atom stereocenters. The predicted molar refractivity (Wildman–Crippen MR) is 161 cm³/mol. The predicted octanol–water partition coefficient (Wildman–Crippen LogP) is 10.5. The molecule has 0 saturated heterocycles. The Morgan fingerprint density at radius 3 is 1.89 bits per heavy atom. The van der Waals surface area contributed by atoms with Gasteiger partial charge >= 0.3 is 0 Å². The van der Waals surface area contributed by atoms with E-state index in [1.54, 1.807) is 0 Å². The number of anilines is 1. The third-order valence-electron chi connectivity index (χ3n) is 6.32. The fraction of sp³-hybridized carbons (Fsp3) is 0.364. The fourth-order valence-electron chi connectivity index (χ4n) is 4.46. The Kier molecular flexibility index (Phi) is 10.0. The number of benzene rings is 3. The van der Waals surface area contributed by atoms with Crippen molar-refractivity contribution in [1.82, 2.24) is 0 Å². The highest BCUT2D eigenvalue weighted by Crippen LogP contribution is 2.35. The molecule has 0 saturated carbocycles. The molecule has 190 valence electrons. The van der Waals surface area contributed by atoms with E-state index < -0.39 is 0 Å². The van der Waals surface area contributed by atoms with Crippen LogP contribution in [-0.2, 0) is 5.75 Å². The Morgan fingerprint density at radius 2 is 1.31 bits per heavy atom. The molecule has 0 heterocycles. The summed E-state index contributed by atoms with van der Waals surface area (Å²) >= 11 is 1.86. The summed E-state index contributed by atoms with van der Waals surface area (Å²) in [6, 6.07) is 23.9. The fourth-order valence-corrected chi connectivity index (χ4v) is 5.36. The van der Waals surface area contributed by atoms with Gasteiger partial charge in [-0.25, -0.2) is 0 Å². The number of hydrogen-bond acceptors (Lipinski definition) is 3. The molecule has 0 unspecified atom stereocenters. The Labute approximate surface area is 223 Å². The maximum absolute atomic E-state index is 5.18. The third kappa shape index (κ3) is 7.36. The maximum Gasteiger partial charge on any atom is 0.0707 e. The number of aliphatic imine (C=N–C) groups is 1. The average molecular weight is 499 g/mol. The van der Waals surface area contributed by atoms with Crippen LogP contribution >= 0.6 is 11.8 Å². The molecule has 2 nitrogen and oxygen atoms in total. The lowest BCUT2D eigenvalue weighted by Gasteiger charge is -2.21. The molecule has 0 radical (unpaired) electrons. The summed E-state index contributed by atoms with van der Waals surface area (Å²) in [5, 5.41) is 3.73. The van der Waals surface area contributed by atoms with Crippen molar-refractivity contribution in [3.63, 3.8) is 0 Å². The molecule has 3 aromatic rings. The van der Waals surface area contributed by atoms with Crippen LogP contribution in [0.5, 0.6) is 0 Å². The lowest BCUT2D eigenvalue weighted by molar-refractivity contribution is 0.837. The Hall–Kier alpha value is -2.78. The molecule has 0 spiro atoms. The Bertz CT molecular complexity index is 1180. The molecular formula is C33H42N2S. The second-order valence-electron chi connectivity index (χ2n) is 10.4. The number of hydrogen-bond donors (Lipinski definition) is 1. The van der Waals surface area contributed by atoms with Crippen LogP contribution in [0, 0.1) is 0 Å². The topological polar surface area (TPSA) is 24.4 Å². The van der Waals surface area contributed by atoms with E-state index in [-0.39, 0.29) is 0 Å². The number of thioether (sulfide) groups is 1. The first-order valence-corrected chi connectivity index (χ1v) is 14.1. The van der Waals surface area contributed by atoms with Crippen LogP contribution in [0.25, 0.3) is 0 Å². The van der Waals surface area contributed by atoms with Crippen molar-refractivity contribution in [2.45, 2.75) is 83.8 Å². The van der Waals surface area contributed by atoms with Crippen molar-refractivity contribution in [2.75, 3.05) is 5.32 Å². The molecule has 36 heavy (non-hydrogen) atoms. The minimum atomic E-state index is 0.410. The van der Waals surface area contributed by atoms with Gasteiger partial charge in [-0.1, -0.05) is 96.1 Å². The SMILES string of the molecule is CC(/C=C(/C)Nc1c(C(C)C)cccc1C(C)C)=Nc1c(CSc2ccccc2)cccc1C(C)C. The highest BCUT2D eigenvalue weighted by atomic mass is 32.2. The third-order valence-corrected chi connectivity index (χ3v) is 7.38. The number of nitrogens with one attached hydrogen (secondary N) is 1. The molecule has 0 bridgehead atoms. The zero-order valence-corrected chi connectivity index (χ0v) is 24.0. The van der Waals surface area contributed by atoms with E-state index >= 15 is 0 Å². The van der Waals surface area contributed by atoms with E-state index in [1.807, 2.05) is 11.8 Å². The highest BCUT2D eigenvalue weighted by molar-refractivity contribution is 7.98. The minimum Gasteiger partial charge on any atom is -0.359 e. The first kappa shape index (κ1) is 27.8. The molecular weight excluding hydrogens is 456 g/mol. The monoisotopic (exact) mass is 498 g/mol. The first-order valence-electron chi connectivity index (χ1n) is 13.1. The maximum atomic E-state index is 5.18. The van der Waals surface area contributed by atoms with Gasteiger partial charge in [-0.2, -0.15) is 0 Å². The summed E-state index contributed by atoms with van der Waals surface area (Å²) in [5.74, 6) is 2.22. The van der Waals surface area contributed by atoms with Crippen molar-refractivity contribution in [3.8, 4) is 0 Å². The van der Waals surface area contributed by atoms with Crippen molar-refractivity contribution in [2.24, 2.45) is 4.99 Å². The van der Waals surface area contributed by atoms with E-state index in [1.165, 1.54) is 32.8 Å². The number of rotatable bonds is 10. The molecule has 0 amide bonds. The number of allylic oxidation sites excluding steroid dienone is 2. The molecule has 0 aliphatic rings. The normalized spacial score (nSPS) is 12.6. The van der Waals surface area contributed by atoms with Gasteiger partial charge in [-0.05, 0) is 72.1 Å². The summed E-state index contributed by atoms with van der Waals surface area (Å²) in [4.78, 5) is 6.46. The van der Waals surface area contributed by atoms with Gasteiger partial charge in [0, 0.05) is 27.7 Å². The molecule has 3 heteroatoms. The molecule has 1 N–H and O–H groups in total. The first-order chi connectivity index (χ1) is 17.2. The van der Waals surface area contributed by atoms with Crippen LogP contribution in [-0.4, -0.2) is 5.71 Å². The van der Waals surface area contributed by atoms with Gasteiger partial charge in [0.15, 0.2) is 0 Å². The average Bonchev–Trinajstić information content (AvgIpc) is 2.83. The molecule has 0 aliphatic carbocycles. The largest absolute Gasteiger partial charge is 0.359 e. The van der Waals surface area contributed by atoms with Crippen LogP contribution in [0.2, 0.25) is 0 Å². The van der Waals surface area contributed by atoms with Crippen LogP contribution < -0.4 is 5.32 Å².